The van der Waals surface area contributed by atoms with E-state index in [1.165, 1.54) is 10.4 Å². The van der Waals surface area contributed by atoms with Crippen molar-refractivity contribution in [2.45, 2.75) is 26.5 Å². The number of rotatable bonds is 10. The molecule has 1 heterocycles. The normalized spacial score (nSPS) is 10.2. The Hall–Kier alpha value is -1.07. The summed E-state index contributed by atoms with van der Waals surface area (Å²) in [6, 6.07) is 12.4. The minimum absolute atomic E-state index is 0. The number of thiophene rings is 1. The molecule has 0 saturated carbocycles. The SMILES string of the molecule is CCOCCCNCc1ccc(OCc2cccs2)cc1.Cl. The van der Waals surface area contributed by atoms with Gasteiger partial charge in [-0.1, -0.05) is 18.2 Å². The van der Waals surface area contributed by atoms with Gasteiger partial charge in [0.15, 0.2) is 0 Å². The summed E-state index contributed by atoms with van der Waals surface area (Å²) in [4.78, 5) is 1.25. The Morgan fingerprint density at radius 3 is 2.64 bits per heavy atom. The zero-order chi connectivity index (χ0) is 14.8. The Morgan fingerprint density at radius 1 is 1.14 bits per heavy atom. The van der Waals surface area contributed by atoms with E-state index in [0.29, 0.717) is 6.61 Å². The van der Waals surface area contributed by atoms with E-state index in [1.54, 1.807) is 11.3 Å². The first-order valence-corrected chi connectivity index (χ1v) is 8.29. The molecular formula is C17H24ClNO2S. The number of hydrogen-bond acceptors (Lipinski definition) is 4. The minimum atomic E-state index is 0. The molecule has 0 aliphatic rings. The van der Waals surface area contributed by atoms with Crippen LogP contribution in [0, 0.1) is 0 Å². The van der Waals surface area contributed by atoms with Crippen LogP contribution < -0.4 is 10.1 Å². The summed E-state index contributed by atoms with van der Waals surface area (Å²) >= 11 is 1.72. The molecule has 0 atom stereocenters. The Morgan fingerprint density at radius 2 is 1.95 bits per heavy atom. The molecule has 5 heteroatoms. The van der Waals surface area contributed by atoms with Crippen LogP contribution in [-0.2, 0) is 17.9 Å². The van der Waals surface area contributed by atoms with Crippen molar-refractivity contribution in [1.82, 2.24) is 5.32 Å². The molecule has 0 aliphatic heterocycles. The van der Waals surface area contributed by atoms with Crippen molar-refractivity contribution in [3.05, 3.63) is 52.2 Å². The molecule has 122 valence electrons. The molecule has 0 spiro atoms. The second kappa shape index (κ2) is 11.5. The molecule has 1 N–H and O–H groups in total. The van der Waals surface area contributed by atoms with Gasteiger partial charge in [0.2, 0.25) is 0 Å². The van der Waals surface area contributed by atoms with E-state index in [9.17, 15) is 0 Å². The molecule has 0 saturated heterocycles. The number of hydrogen-bond donors (Lipinski definition) is 1. The predicted octanol–water partition coefficient (Wildman–Crippen LogP) is 4.27. The van der Waals surface area contributed by atoms with Crippen LogP contribution in [0.5, 0.6) is 5.75 Å². The lowest BCUT2D eigenvalue weighted by atomic mass is 10.2. The van der Waals surface area contributed by atoms with Crippen LogP contribution in [0.4, 0.5) is 0 Å². The summed E-state index contributed by atoms with van der Waals surface area (Å²) in [5, 5.41) is 5.48. The number of halogens is 1. The van der Waals surface area contributed by atoms with Crippen LogP contribution in [0.25, 0.3) is 0 Å². The van der Waals surface area contributed by atoms with Crippen molar-refractivity contribution in [1.29, 1.82) is 0 Å². The summed E-state index contributed by atoms with van der Waals surface area (Å²) in [7, 11) is 0. The van der Waals surface area contributed by atoms with Gasteiger partial charge in [0.05, 0.1) is 0 Å². The molecular weight excluding hydrogens is 318 g/mol. The molecule has 0 fully saturated rings. The van der Waals surface area contributed by atoms with E-state index in [-0.39, 0.29) is 12.4 Å². The van der Waals surface area contributed by atoms with Gasteiger partial charge in [-0.3, -0.25) is 0 Å². The van der Waals surface area contributed by atoms with Gasteiger partial charge in [0.25, 0.3) is 0 Å². The fourth-order valence-corrected chi connectivity index (χ4v) is 2.55. The van der Waals surface area contributed by atoms with E-state index in [1.807, 2.05) is 25.1 Å². The van der Waals surface area contributed by atoms with Gasteiger partial charge in [-0.2, -0.15) is 0 Å². The average molecular weight is 342 g/mol. The molecule has 22 heavy (non-hydrogen) atoms. The van der Waals surface area contributed by atoms with E-state index in [4.69, 9.17) is 9.47 Å². The monoisotopic (exact) mass is 341 g/mol. The van der Waals surface area contributed by atoms with E-state index < -0.39 is 0 Å². The van der Waals surface area contributed by atoms with Crippen molar-refractivity contribution in [3.8, 4) is 5.75 Å². The highest BCUT2D eigenvalue weighted by molar-refractivity contribution is 7.09. The fourth-order valence-electron chi connectivity index (χ4n) is 1.93. The number of benzene rings is 1. The average Bonchev–Trinajstić information content (AvgIpc) is 3.03. The first-order valence-electron chi connectivity index (χ1n) is 7.41. The van der Waals surface area contributed by atoms with Gasteiger partial charge in [-0.25, -0.2) is 0 Å². The summed E-state index contributed by atoms with van der Waals surface area (Å²) in [5.74, 6) is 0.920. The fraction of sp³-hybridized carbons (Fsp3) is 0.412. The number of nitrogens with one attached hydrogen (secondary N) is 1. The summed E-state index contributed by atoms with van der Waals surface area (Å²) in [5.41, 5.74) is 1.27. The first kappa shape index (κ1) is 19.0. The zero-order valence-electron chi connectivity index (χ0n) is 12.9. The van der Waals surface area contributed by atoms with Crippen molar-refractivity contribution in [2.75, 3.05) is 19.8 Å². The molecule has 0 aliphatic carbocycles. The van der Waals surface area contributed by atoms with Gasteiger partial charge in [0.1, 0.15) is 12.4 Å². The van der Waals surface area contributed by atoms with Crippen LogP contribution in [0.3, 0.4) is 0 Å². The van der Waals surface area contributed by atoms with Crippen molar-refractivity contribution in [3.63, 3.8) is 0 Å². The molecule has 2 rings (SSSR count). The third-order valence-electron chi connectivity index (χ3n) is 3.06. The summed E-state index contributed by atoms with van der Waals surface area (Å²) < 4.78 is 11.1. The second-order valence-electron chi connectivity index (χ2n) is 4.74. The second-order valence-corrected chi connectivity index (χ2v) is 5.77. The van der Waals surface area contributed by atoms with Crippen molar-refractivity contribution in [2.24, 2.45) is 0 Å². The van der Waals surface area contributed by atoms with Crippen LogP contribution in [0.15, 0.2) is 41.8 Å². The van der Waals surface area contributed by atoms with Crippen molar-refractivity contribution < 1.29 is 9.47 Å². The van der Waals surface area contributed by atoms with Crippen LogP contribution >= 0.6 is 23.7 Å². The Bertz CT molecular complexity index is 488. The lowest BCUT2D eigenvalue weighted by Crippen LogP contribution is -2.16. The van der Waals surface area contributed by atoms with Crippen molar-refractivity contribution >= 4 is 23.7 Å². The summed E-state index contributed by atoms with van der Waals surface area (Å²) in [6.07, 6.45) is 1.05. The molecule has 0 radical (unpaired) electrons. The lowest BCUT2D eigenvalue weighted by Gasteiger charge is -2.07. The maximum Gasteiger partial charge on any atom is 0.122 e. The Labute approximate surface area is 143 Å². The van der Waals surface area contributed by atoms with Gasteiger partial charge < -0.3 is 14.8 Å². The Kier molecular flexibility index (Phi) is 9.91. The zero-order valence-corrected chi connectivity index (χ0v) is 14.6. The highest BCUT2D eigenvalue weighted by atomic mass is 35.5. The lowest BCUT2D eigenvalue weighted by molar-refractivity contribution is 0.144. The highest BCUT2D eigenvalue weighted by Crippen LogP contribution is 2.16. The van der Waals surface area contributed by atoms with E-state index in [2.05, 4.69) is 28.9 Å². The molecule has 0 amide bonds. The van der Waals surface area contributed by atoms with Crippen LogP contribution in [0.2, 0.25) is 0 Å². The maximum atomic E-state index is 5.75. The Balaban J connectivity index is 0.00000242. The van der Waals surface area contributed by atoms with Gasteiger partial charge in [-0.05, 0) is 49.0 Å². The summed E-state index contributed by atoms with van der Waals surface area (Å²) in [6.45, 7) is 6.17. The predicted molar refractivity (Wildman–Crippen MR) is 95.2 cm³/mol. The number of ether oxygens (including phenoxy) is 2. The van der Waals surface area contributed by atoms with Crippen LogP contribution in [-0.4, -0.2) is 19.8 Å². The quantitative estimate of drug-likeness (QED) is 0.655. The smallest absolute Gasteiger partial charge is 0.122 e. The van der Waals surface area contributed by atoms with Gasteiger partial charge in [0, 0.05) is 24.6 Å². The maximum absolute atomic E-state index is 5.75. The van der Waals surface area contributed by atoms with E-state index >= 15 is 0 Å². The molecule has 2 aromatic rings. The molecule has 0 bridgehead atoms. The highest BCUT2D eigenvalue weighted by Gasteiger charge is 1.98. The van der Waals surface area contributed by atoms with Crippen LogP contribution in [0.1, 0.15) is 23.8 Å². The standard InChI is InChI=1S/C17H23NO2S.ClH/c1-2-19-11-4-10-18-13-15-6-8-16(9-7-15)20-14-17-5-3-12-21-17;/h3,5-9,12,18H,2,4,10-11,13-14H2,1H3;1H. The topological polar surface area (TPSA) is 30.5 Å². The molecule has 1 aromatic heterocycles. The molecule has 1 aromatic carbocycles. The molecule has 0 unspecified atom stereocenters. The third kappa shape index (κ3) is 7.27. The first-order chi connectivity index (χ1) is 10.4. The van der Waals surface area contributed by atoms with Gasteiger partial charge in [-0.15, -0.1) is 23.7 Å². The minimum Gasteiger partial charge on any atom is -0.488 e. The largest absolute Gasteiger partial charge is 0.488 e. The molecule has 3 nitrogen and oxygen atoms in total. The van der Waals surface area contributed by atoms with E-state index in [0.717, 1.165) is 38.5 Å². The third-order valence-corrected chi connectivity index (χ3v) is 3.91. The van der Waals surface area contributed by atoms with Gasteiger partial charge >= 0.3 is 0 Å².